The fourth-order valence-electron chi connectivity index (χ4n) is 2.39. The molecule has 0 radical (unpaired) electrons. The van der Waals surface area contributed by atoms with E-state index in [1.165, 1.54) is 12.1 Å². The minimum absolute atomic E-state index is 0.00440. The zero-order valence-electron chi connectivity index (χ0n) is 13.4. The summed E-state index contributed by atoms with van der Waals surface area (Å²) in [5.41, 5.74) is 2.29. The molecule has 1 aliphatic heterocycles. The maximum Gasteiger partial charge on any atom is 0.363 e. The monoisotopic (exact) mass is 334 g/mol. The van der Waals surface area contributed by atoms with Gasteiger partial charge in [-0.3, -0.25) is 10.1 Å². The summed E-state index contributed by atoms with van der Waals surface area (Å²) in [4.78, 5) is 26.7. The van der Waals surface area contributed by atoms with E-state index in [1.807, 2.05) is 31.2 Å². The highest BCUT2D eigenvalue weighted by Crippen LogP contribution is 2.21. The maximum absolute atomic E-state index is 11.9. The van der Waals surface area contributed by atoms with E-state index in [9.17, 15) is 14.9 Å². The van der Waals surface area contributed by atoms with E-state index in [1.54, 1.807) is 30.4 Å². The van der Waals surface area contributed by atoms with E-state index in [0.717, 1.165) is 11.1 Å². The number of nitro benzene ring substituents is 1. The van der Waals surface area contributed by atoms with Gasteiger partial charge in [0, 0.05) is 11.6 Å². The molecule has 0 atom stereocenters. The van der Waals surface area contributed by atoms with Gasteiger partial charge in [-0.05, 0) is 36.8 Å². The number of allylic oxidation sites excluding steroid dienone is 2. The van der Waals surface area contributed by atoms with Gasteiger partial charge in [-0.25, -0.2) is 9.79 Å². The van der Waals surface area contributed by atoms with E-state index in [-0.39, 0.29) is 17.3 Å². The molecule has 3 rings (SSSR count). The van der Waals surface area contributed by atoms with Crippen LogP contribution in [0, 0.1) is 17.0 Å². The van der Waals surface area contributed by atoms with Crippen LogP contribution in [0.25, 0.3) is 6.08 Å². The second-order valence-electron chi connectivity index (χ2n) is 5.35. The Morgan fingerprint density at radius 2 is 1.84 bits per heavy atom. The SMILES string of the molecule is Cc1ccccc1C1=N/C(=C\C=C\c2ccccc2[N+](=O)[O-])C(=O)O1. The number of ether oxygens (including phenoxy) is 1. The van der Waals surface area contributed by atoms with Gasteiger partial charge >= 0.3 is 5.97 Å². The van der Waals surface area contributed by atoms with Gasteiger partial charge in [-0.15, -0.1) is 0 Å². The van der Waals surface area contributed by atoms with Crippen LogP contribution in [0.1, 0.15) is 16.7 Å². The molecule has 6 heteroatoms. The third kappa shape index (κ3) is 3.53. The molecular weight excluding hydrogens is 320 g/mol. The number of hydrogen-bond donors (Lipinski definition) is 0. The lowest BCUT2D eigenvalue weighted by Gasteiger charge is -2.02. The van der Waals surface area contributed by atoms with Gasteiger partial charge in [0.25, 0.3) is 5.69 Å². The highest BCUT2D eigenvalue weighted by molar-refractivity contribution is 6.11. The number of benzene rings is 2. The Morgan fingerprint density at radius 3 is 2.60 bits per heavy atom. The van der Waals surface area contributed by atoms with Crippen molar-refractivity contribution in [2.24, 2.45) is 4.99 Å². The average molecular weight is 334 g/mol. The van der Waals surface area contributed by atoms with Gasteiger partial charge < -0.3 is 4.74 Å². The molecule has 6 nitrogen and oxygen atoms in total. The van der Waals surface area contributed by atoms with E-state index in [4.69, 9.17) is 4.74 Å². The zero-order chi connectivity index (χ0) is 17.8. The molecule has 0 unspecified atom stereocenters. The summed E-state index contributed by atoms with van der Waals surface area (Å²) in [6.07, 6.45) is 4.58. The van der Waals surface area contributed by atoms with Crippen molar-refractivity contribution in [3.63, 3.8) is 0 Å². The van der Waals surface area contributed by atoms with Crippen LogP contribution in [0.5, 0.6) is 0 Å². The summed E-state index contributed by atoms with van der Waals surface area (Å²) >= 11 is 0. The van der Waals surface area contributed by atoms with Crippen LogP contribution in [-0.4, -0.2) is 16.8 Å². The van der Waals surface area contributed by atoms with Crippen LogP contribution < -0.4 is 0 Å². The number of rotatable bonds is 4. The lowest BCUT2D eigenvalue weighted by atomic mass is 10.1. The number of hydrogen-bond acceptors (Lipinski definition) is 5. The number of nitro groups is 1. The molecule has 0 bridgehead atoms. The molecule has 1 aliphatic rings. The van der Waals surface area contributed by atoms with Crippen LogP contribution in [-0.2, 0) is 9.53 Å². The zero-order valence-corrected chi connectivity index (χ0v) is 13.4. The molecule has 0 aromatic heterocycles. The van der Waals surface area contributed by atoms with Crippen molar-refractivity contribution >= 4 is 23.6 Å². The third-order valence-corrected chi connectivity index (χ3v) is 3.66. The number of aryl methyl sites for hydroxylation is 1. The van der Waals surface area contributed by atoms with Gasteiger partial charge in [0.1, 0.15) is 0 Å². The van der Waals surface area contributed by atoms with Crippen molar-refractivity contribution in [3.8, 4) is 0 Å². The fraction of sp³-hybridized carbons (Fsp3) is 0.0526. The summed E-state index contributed by atoms with van der Waals surface area (Å²) < 4.78 is 5.21. The first-order valence-electron chi connectivity index (χ1n) is 7.55. The molecule has 0 fully saturated rings. The number of esters is 1. The molecule has 0 spiro atoms. The smallest absolute Gasteiger partial charge is 0.363 e. The van der Waals surface area contributed by atoms with E-state index >= 15 is 0 Å². The highest BCUT2D eigenvalue weighted by Gasteiger charge is 2.24. The Bertz CT molecular complexity index is 942. The van der Waals surface area contributed by atoms with Crippen LogP contribution >= 0.6 is 0 Å². The first kappa shape index (κ1) is 16.3. The van der Waals surface area contributed by atoms with Gasteiger partial charge in [-0.2, -0.15) is 0 Å². The minimum Gasteiger partial charge on any atom is -0.402 e. The quantitative estimate of drug-likeness (QED) is 0.368. The number of para-hydroxylation sites is 1. The fourth-order valence-corrected chi connectivity index (χ4v) is 2.39. The number of carbonyl (C=O) groups is 1. The van der Waals surface area contributed by atoms with Gasteiger partial charge in [0.15, 0.2) is 5.70 Å². The number of cyclic esters (lactones) is 1. The average Bonchev–Trinajstić information content (AvgIpc) is 2.96. The molecule has 2 aromatic rings. The Balaban J connectivity index is 1.86. The van der Waals surface area contributed by atoms with Crippen LogP contribution in [0.4, 0.5) is 5.69 Å². The molecule has 0 aliphatic carbocycles. The van der Waals surface area contributed by atoms with Crippen molar-refractivity contribution in [1.82, 2.24) is 0 Å². The molecule has 0 amide bonds. The summed E-state index contributed by atoms with van der Waals surface area (Å²) in [6, 6.07) is 13.8. The van der Waals surface area contributed by atoms with E-state index in [2.05, 4.69) is 4.99 Å². The predicted octanol–water partition coefficient (Wildman–Crippen LogP) is 3.80. The molecule has 0 N–H and O–H groups in total. The lowest BCUT2D eigenvalue weighted by molar-refractivity contribution is -0.385. The standard InChI is InChI=1S/C19H14N2O4/c1-13-7-2-4-10-15(13)18-20-16(19(22)25-18)11-6-9-14-8-3-5-12-17(14)21(23)24/h2-12H,1H3/b9-6+,16-11-. The molecule has 0 saturated heterocycles. The second kappa shape index (κ2) is 6.92. The Hall–Kier alpha value is -3.54. The summed E-state index contributed by atoms with van der Waals surface area (Å²) in [5, 5.41) is 11.0. The van der Waals surface area contributed by atoms with Crippen LogP contribution in [0.15, 0.2) is 71.4 Å². The van der Waals surface area contributed by atoms with Crippen molar-refractivity contribution in [2.45, 2.75) is 6.92 Å². The molecule has 1 heterocycles. The Kier molecular flexibility index (Phi) is 4.52. The number of nitrogens with zero attached hydrogens (tertiary/aromatic N) is 2. The summed E-state index contributed by atoms with van der Waals surface area (Å²) in [7, 11) is 0. The van der Waals surface area contributed by atoms with E-state index < -0.39 is 10.9 Å². The van der Waals surface area contributed by atoms with Crippen molar-refractivity contribution in [3.05, 3.63) is 93.2 Å². The molecule has 2 aromatic carbocycles. The highest BCUT2D eigenvalue weighted by atomic mass is 16.6. The van der Waals surface area contributed by atoms with Crippen molar-refractivity contribution < 1.29 is 14.5 Å². The lowest BCUT2D eigenvalue weighted by Crippen LogP contribution is -2.06. The Morgan fingerprint density at radius 1 is 1.12 bits per heavy atom. The van der Waals surface area contributed by atoms with Crippen LogP contribution in [0.3, 0.4) is 0 Å². The van der Waals surface area contributed by atoms with Gasteiger partial charge in [0.05, 0.1) is 10.5 Å². The van der Waals surface area contributed by atoms with Crippen LogP contribution in [0.2, 0.25) is 0 Å². The number of carbonyl (C=O) groups excluding carboxylic acids is 1. The van der Waals surface area contributed by atoms with Gasteiger partial charge in [-0.1, -0.05) is 36.4 Å². The van der Waals surface area contributed by atoms with Gasteiger partial charge in [0.2, 0.25) is 5.90 Å². The van der Waals surface area contributed by atoms with Crippen molar-refractivity contribution in [2.75, 3.05) is 0 Å². The molecule has 0 saturated carbocycles. The first-order chi connectivity index (χ1) is 12.1. The van der Waals surface area contributed by atoms with Crippen molar-refractivity contribution in [1.29, 1.82) is 0 Å². The summed E-state index contributed by atoms with van der Waals surface area (Å²) in [6.45, 7) is 1.90. The maximum atomic E-state index is 11.9. The molecule has 124 valence electrons. The topological polar surface area (TPSA) is 81.8 Å². The van der Waals surface area contributed by atoms with E-state index in [0.29, 0.717) is 5.56 Å². The summed E-state index contributed by atoms with van der Waals surface area (Å²) in [5.74, 6) is -0.293. The first-order valence-corrected chi connectivity index (χ1v) is 7.55. The second-order valence-corrected chi connectivity index (χ2v) is 5.35. The number of aliphatic imine (C=N–C) groups is 1. The molecule has 25 heavy (non-hydrogen) atoms. The molecular formula is C19H14N2O4. The third-order valence-electron chi connectivity index (χ3n) is 3.66. The predicted molar refractivity (Wildman–Crippen MR) is 94.0 cm³/mol. The minimum atomic E-state index is -0.550. The largest absolute Gasteiger partial charge is 0.402 e. The Labute approximate surface area is 143 Å². The normalized spacial score (nSPS) is 15.5.